The smallest absolute Gasteiger partial charge is 0.0887 e. The molecule has 1 aliphatic heterocycles. The van der Waals surface area contributed by atoms with Crippen LogP contribution in [-0.2, 0) is 0 Å². The van der Waals surface area contributed by atoms with Crippen LogP contribution in [0.15, 0.2) is 0 Å². The Morgan fingerprint density at radius 2 is 0.575 bits per heavy atom. The first-order valence-electron chi connectivity index (χ1n) is 34.4. The molecule has 0 aromatic rings. The maximum absolute atomic E-state index is 4.10. The maximum Gasteiger partial charge on any atom is 0.0887 e. The highest BCUT2D eigenvalue weighted by Gasteiger charge is 2.31. The van der Waals surface area contributed by atoms with Gasteiger partial charge in [-0.3, -0.25) is 15.2 Å². The molecule has 0 radical (unpaired) electrons. The molecule has 0 aromatic carbocycles. The summed E-state index contributed by atoms with van der Waals surface area (Å²) < 4.78 is 0. The van der Waals surface area contributed by atoms with E-state index in [1.165, 1.54) is 334 Å². The van der Waals surface area contributed by atoms with E-state index in [4.69, 9.17) is 0 Å². The lowest BCUT2D eigenvalue weighted by molar-refractivity contribution is -0.0569. The lowest BCUT2D eigenvalue weighted by Crippen LogP contribution is -2.65. The minimum atomic E-state index is 0.460. The van der Waals surface area contributed by atoms with Gasteiger partial charge < -0.3 is 0 Å². The van der Waals surface area contributed by atoms with Crippen LogP contribution in [0.25, 0.3) is 0 Å². The quantitative estimate of drug-likeness (QED) is 0.0414. The van der Waals surface area contributed by atoms with Crippen molar-refractivity contribution in [3.63, 3.8) is 0 Å². The monoisotopic (exact) mass is 1030 g/mol. The molecule has 1 aliphatic rings. The number of unbranched alkanes of at least 4 members (excludes halogenated alkanes) is 45. The van der Waals surface area contributed by atoms with Crippen molar-refractivity contribution in [2.45, 2.75) is 362 Å². The molecule has 0 amide bonds. The van der Waals surface area contributed by atoms with E-state index >= 15 is 0 Å². The van der Waals surface area contributed by atoms with Crippen LogP contribution in [0.1, 0.15) is 356 Å². The van der Waals surface area contributed by atoms with Crippen molar-refractivity contribution in [2.75, 3.05) is 65.4 Å². The summed E-state index contributed by atoms with van der Waals surface area (Å²) in [6.45, 7) is 23.1. The van der Waals surface area contributed by atoms with Crippen molar-refractivity contribution in [3.05, 3.63) is 0 Å². The van der Waals surface area contributed by atoms with Crippen LogP contribution in [0, 0.1) is 0 Å². The van der Waals surface area contributed by atoms with E-state index in [2.05, 4.69) is 70.8 Å². The molecular weight excluding hydrogens is 891 g/mol. The fraction of sp³-hybridized carbons (Fsp3) is 1.00. The number of hydrogen-bond acceptors (Lipinski definition) is 7. The molecule has 1 atom stereocenters. The Bertz CT molecular complexity index is 964. The highest BCUT2D eigenvalue weighted by Crippen LogP contribution is 2.19. The van der Waals surface area contributed by atoms with E-state index < -0.39 is 0 Å². The lowest BCUT2D eigenvalue weighted by Gasteiger charge is -2.47. The van der Waals surface area contributed by atoms with E-state index in [0.717, 1.165) is 52.4 Å². The molecule has 1 saturated heterocycles. The van der Waals surface area contributed by atoms with Gasteiger partial charge in [-0.1, -0.05) is 324 Å². The molecule has 1 heterocycles. The molecule has 1 unspecified atom stereocenters. The van der Waals surface area contributed by atoms with Gasteiger partial charge in [0.1, 0.15) is 0 Å². The maximum atomic E-state index is 4.10. The van der Waals surface area contributed by atoms with Gasteiger partial charge in [0.2, 0.25) is 0 Å². The summed E-state index contributed by atoms with van der Waals surface area (Å²) in [6, 6.07) is 0. The van der Waals surface area contributed by atoms with Crippen LogP contribution in [0.2, 0.25) is 0 Å². The Hall–Kier alpha value is -0.280. The van der Waals surface area contributed by atoms with Crippen molar-refractivity contribution in [2.24, 2.45) is 0 Å². The van der Waals surface area contributed by atoms with Crippen LogP contribution >= 0.6 is 0 Å². The molecule has 1 fully saturated rings. The van der Waals surface area contributed by atoms with Gasteiger partial charge in [0.25, 0.3) is 0 Å². The predicted molar refractivity (Wildman–Crippen MR) is 328 cm³/mol. The standard InChI is InChI=1S/C66H139N7/c1-6-11-16-21-26-31-36-41-46-51-56-67-72-63-61-70(65-66(72)71(59-54-49-44-39-34-29-24-19-14-9-4)60-55-50-45-40-35-30-25-20-15-10-5)62-64-73(68-57-52-47-42-37-32-27-22-17-12-7-2)69-58-53-48-43-38-33-28-23-18-13-8-3/h66-69H,6-65H2,1-5H3. The Kier molecular flexibility index (Phi) is 57.5. The summed E-state index contributed by atoms with van der Waals surface area (Å²) in [5.41, 5.74) is 11.9. The predicted octanol–water partition coefficient (Wildman–Crippen LogP) is 19.7. The molecule has 7 heteroatoms. The molecule has 0 bridgehead atoms. The highest BCUT2D eigenvalue weighted by molar-refractivity contribution is 4.82. The van der Waals surface area contributed by atoms with Crippen LogP contribution in [0.5, 0.6) is 0 Å². The van der Waals surface area contributed by atoms with Crippen LogP contribution in [-0.4, -0.2) is 91.5 Å². The Morgan fingerprint density at radius 1 is 0.301 bits per heavy atom. The second-order valence-electron chi connectivity index (χ2n) is 23.8. The van der Waals surface area contributed by atoms with Gasteiger partial charge in [-0.2, -0.15) is 5.12 Å². The van der Waals surface area contributed by atoms with E-state index in [0.29, 0.717) is 6.17 Å². The van der Waals surface area contributed by atoms with Gasteiger partial charge in [-0.15, -0.1) is 0 Å². The highest BCUT2D eigenvalue weighted by atomic mass is 15.7. The van der Waals surface area contributed by atoms with Gasteiger partial charge in [-0.05, 0) is 45.2 Å². The topological polar surface area (TPSA) is 49.1 Å². The molecular formula is C66H139N7. The van der Waals surface area contributed by atoms with Gasteiger partial charge in [0.15, 0.2) is 0 Å². The summed E-state index contributed by atoms with van der Waals surface area (Å²) in [4.78, 5) is 5.81. The third-order valence-electron chi connectivity index (χ3n) is 16.6. The molecule has 7 nitrogen and oxygen atoms in total. The average molecular weight is 1030 g/mol. The zero-order chi connectivity index (χ0) is 52.4. The molecule has 438 valence electrons. The summed E-state index contributed by atoms with van der Waals surface area (Å²) in [5, 5.41) is 5.17. The zero-order valence-electron chi connectivity index (χ0n) is 51.3. The first-order chi connectivity index (χ1) is 36.2. The van der Waals surface area contributed by atoms with Crippen molar-refractivity contribution in [1.29, 1.82) is 0 Å². The second kappa shape index (κ2) is 59.4. The SMILES string of the molecule is CCCCCCCCCCCCNN(CCN1CCN(NCCCCCCCCCCCC)C(N(CCCCCCCCCCCC)CCCCCCCCCCCC)C1)NCCCCCCCCCCCC. The van der Waals surface area contributed by atoms with Crippen LogP contribution in [0.3, 0.4) is 0 Å². The second-order valence-corrected chi connectivity index (χ2v) is 23.8. The fourth-order valence-corrected chi connectivity index (χ4v) is 11.5. The Morgan fingerprint density at radius 3 is 0.890 bits per heavy atom. The summed E-state index contributed by atoms with van der Waals surface area (Å²) in [5.74, 6) is 0. The number of piperazine rings is 1. The van der Waals surface area contributed by atoms with Gasteiger partial charge in [0, 0.05) is 52.4 Å². The average Bonchev–Trinajstić information content (AvgIpc) is 3.40. The normalized spacial score (nSPS) is 14.8. The molecule has 0 aliphatic carbocycles. The Balaban J connectivity index is 2.95. The van der Waals surface area contributed by atoms with Gasteiger partial charge in [0.05, 0.1) is 6.17 Å². The van der Waals surface area contributed by atoms with Gasteiger partial charge in [-0.25, -0.2) is 15.9 Å². The van der Waals surface area contributed by atoms with Crippen molar-refractivity contribution in [3.8, 4) is 0 Å². The van der Waals surface area contributed by atoms with E-state index in [1.807, 2.05) is 0 Å². The molecule has 0 saturated carbocycles. The number of hydrogen-bond donors (Lipinski definition) is 3. The van der Waals surface area contributed by atoms with Crippen molar-refractivity contribution >= 4 is 0 Å². The minimum Gasteiger partial charge on any atom is -0.298 e. The zero-order valence-corrected chi connectivity index (χ0v) is 51.3. The first-order valence-corrected chi connectivity index (χ1v) is 34.4. The van der Waals surface area contributed by atoms with Gasteiger partial charge >= 0.3 is 0 Å². The van der Waals surface area contributed by atoms with Crippen LogP contribution < -0.4 is 16.3 Å². The number of nitrogens with zero attached hydrogens (tertiary/aromatic N) is 4. The molecule has 0 aromatic heterocycles. The van der Waals surface area contributed by atoms with E-state index in [9.17, 15) is 0 Å². The third kappa shape index (κ3) is 48.6. The van der Waals surface area contributed by atoms with Crippen molar-refractivity contribution in [1.82, 2.24) is 36.2 Å². The molecule has 0 spiro atoms. The van der Waals surface area contributed by atoms with E-state index in [1.54, 1.807) is 0 Å². The summed E-state index contributed by atoms with van der Waals surface area (Å²) >= 11 is 0. The lowest BCUT2D eigenvalue weighted by atomic mass is 10.1. The fourth-order valence-electron chi connectivity index (χ4n) is 11.5. The largest absolute Gasteiger partial charge is 0.298 e. The van der Waals surface area contributed by atoms with E-state index in [-0.39, 0.29) is 0 Å². The first kappa shape index (κ1) is 70.7. The van der Waals surface area contributed by atoms with Crippen molar-refractivity contribution < 1.29 is 0 Å². The number of hydrazine groups is 3. The number of nitrogens with one attached hydrogen (secondary N) is 3. The molecule has 1 rings (SSSR count). The number of rotatable bonds is 62. The third-order valence-corrected chi connectivity index (χ3v) is 16.6. The molecule has 3 N–H and O–H groups in total. The summed E-state index contributed by atoms with van der Waals surface area (Å²) in [6.07, 6.45) is 70.8. The van der Waals surface area contributed by atoms with Crippen LogP contribution in [0.4, 0.5) is 0 Å². The Labute approximate surface area is 461 Å². The summed E-state index contributed by atoms with van der Waals surface area (Å²) in [7, 11) is 0. The molecule has 73 heavy (non-hydrogen) atoms. The minimum absolute atomic E-state index is 0.460.